The zero-order valence-electron chi connectivity index (χ0n) is 18.9. The van der Waals surface area contributed by atoms with Gasteiger partial charge < -0.3 is 4.90 Å². The number of hydrogen-bond acceptors (Lipinski definition) is 3. The Kier molecular flexibility index (Phi) is 8.91. The second-order valence-electron chi connectivity index (χ2n) is 8.13. The molecule has 0 fully saturated rings. The smallest absolute Gasteiger partial charge is 0.183 e. The lowest BCUT2D eigenvalue weighted by Gasteiger charge is -2.38. The van der Waals surface area contributed by atoms with Gasteiger partial charge >= 0.3 is 0 Å². The highest BCUT2D eigenvalue weighted by atomic mass is 16.1. The second-order valence-corrected chi connectivity index (χ2v) is 8.13. The average molecular weight is 395 g/mol. The number of nitrogens with zero attached hydrogens (tertiary/aromatic N) is 2. The Hall–Kier alpha value is -2.13. The third-order valence-electron chi connectivity index (χ3n) is 5.89. The number of anilines is 1. The molecule has 3 nitrogen and oxygen atoms in total. The molecule has 1 aromatic rings. The number of carbonyl (C=O) groups is 1. The molecule has 0 saturated carbocycles. The van der Waals surface area contributed by atoms with Gasteiger partial charge in [0.05, 0.1) is 5.54 Å². The molecule has 0 radical (unpaired) electrons. The van der Waals surface area contributed by atoms with Crippen LogP contribution < -0.4 is 4.90 Å². The lowest BCUT2D eigenvalue weighted by atomic mass is 9.80. The summed E-state index contributed by atoms with van der Waals surface area (Å²) in [6, 6.07) is 8.26. The Morgan fingerprint density at radius 3 is 2.21 bits per heavy atom. The molecule has 1 unspecified atom stereocenters. The molecule has 1 aliphatic rings. The lowest BCUT2D eigenvalue weighted by molar-refractivity contribution is 0.0668. The minimum absolute atomic E-state index is 0.205. The number of hydrogen-bond donors (Lipinski definition) is 0. The molecule has 0 bridgehead atoms. The Bertz CT molecular complexity index is 736. The lowest BCUT2D eigenvalue weighted by Crippen LogP contribution is -2.51. The number of ketones is 1. The molecule has 1 atom stereocenters. The molecule has 0 saturated heterocycles. The van der Waals surface area contributed by atoms with Crippen LogP contribution in [0.3, 0.4) is 0 Å². The van der Waals surface area contributed by atoms with Crippen LogP contribution in [0, 0.1) is 0 Å². The predicted molar refractivity (Wildman–Crippen MR) is 126 cm³/mol. The average Bonchev–Trinajstić information content (AvgIpc) is 3.00. The Morgan fingerprint density at radius 1 is 1.00 bits per heavy atom. The summed E-state index contributed by atoms with van der Waals surface area (Å²) in [4.78, 5) is 18.2. The first-order valence-electron chi connectivity index (χ1n) is 11.1. The van der Waals surface area contributed by atoms with Gasteiger partial charge in [-0.15, -0.1) is 0 Å². The standard InChI is InChI=1S/C26H38N2O/c1-6-19-28(20-7-2)24-17-15-23(16-18-24)25(29)26(8-3,27(4)5)21-22-13-11-9-10-12-14-22/h9,11-18H,6-8,10,19-21H2,1-5H3. The summed E-state index contributed by atoms with van der Waals surface area (Å²) in [7, 11) is 4.05. The van der Waals surface area contributed by atoms with Crippen molar-refractivity contribution in [3.63, 3.8) is 0 Å². The van der Waals surface area contributed by atoms with E-state index >= 15 is 0 Å². The van der Waals surface area contributed by atoms with E-state index in [4.69, 9.17) is 0 Å². The summed E-state index contributed by atoms with van der Waals surface area (Å²) in [5, 5.41) is 0. The first-order chi connectivity index (χ1) is 14.0. The van der Waals surface area contributed by atoms with Crippen molar-refractivity contribution in [2.24, 2.45) is 0 Å². The quantitative estimate of drug-likeness (QED) is 0.428. The first-order valence-corrected chi connectivity index (χ1v) is 11.1. The number of rotatable bonds is 11. The highest BCUT2D eigenvalue weighted by molar-refractivity contribution is 6.03. The van der Waals surface area contributed by atoms with Crippen LogP contribution >= 0.6 is 0 Å². The van der Waals surface area contributed by atoms with Gasteiger partial charge in [-0.1, -0.05) is 51.2 Å². The van der Waals surface area contributed by atoms with E-state index < -0.39 is 5.54 Å². The summed E-state index contributed by atoms with van der Waals surface area (Å²) < 4.78 is 0. The number of allylic oxidation sites excluding steroid dienone is 5. The third kappa shape index (κ3) is 5.70. The SMILES string of the molecule is CCCN(CCC)c1ccc(C(=O)C(CC)(CC2=CC=CCC=C2)N(C)C)cc1. The Morgan fingerprint density at radius 2 is 1.66 bits per heavy atom. The molecular formula is C26H38N2O. The van der Waals surface area contributed by atoms with E-state index in [2.05, 4.69) is 73.1 Å². The molecule has 0 N–H and O–H groups in total. The largest absolute Gasteiger partial charge is 0.372 e. The van der Waals surface area contributed by atoms with Gasteiger partial charge in [0.2, 0.25) is 0 Å². The molecule has 0 aliphatic heterocycles. The van der Waals surface area contributed by atoms with E-state index in [0.29, 0.717) is 0 Å². The highest BCUT2D eigenvalue weighted by Gasteiger charge is 2.39. The fraction of sp³-hybridized carbons (Fsp3) is 0.500. The highest BCUT2D eigenvalue weighted by Crippen LogP contribution is 2.32. The van der Waals surface area contributed by atoms with Crippen molar-refractivity contribution in [1.29, 1.82) is 0 Å². The minimum Gasteiger partial charge on any atom is -0.372 e. The molecule has 3 heteroatoms. The van der Waals surface area contributed by atoms with Crippen LogP contribution in [0.5, 0.6) is 0 Å². The number of likely N-dealkylation sites (N-methyl/N-ethyl adjacent to an activating group) is 1. The normalized spacial score (nSPS) is 15.7. The fourth-order valence-corrected chi connectivity index (χ4v) is 4.12. The van der Waals surface area contributed by atoms with Crippen LogP contribution in [0.2, 0.25) is 0 Å². The first kappa shape index (κ1) is 23.2. The monoisotopic (exact) mass is 394 g/mol. The van der Waals surface area contributed by atoms with E-state index in [0.717, 1.165) is 50.8 Å². The predicted octanol–water partition coefficient (Wildman–Crippen LogP) is 6.04. The van der Waals surface area contributed by atoms with Crippen LogP contribution in [0.4, 0.5) is 5.69 Å². The molecule has 158 valence electrons. The van der Waals surface area contributed by atoms with Crippen molar-refractivity contribution in [2.45, 2.75) is 58.4 Å². The molecule has 1 aliphatic carbocycles. The maximum atomic E-state index is 13.7. The van der Waals surface area contributed by atoms with E-state index in [-0.39, 0.29) is 5.78 Å². The van der Waals surface area contributed by atoms with Crippen molar-refractivity contribution < 1.29 is 4.79 Å². The summed E-state index contributed by atoms with van der Waals surface area (Å²) in [6.07, 6.45) is 15.4. The maximum Gasteiger partial charge on any atom is 0.183 e. The van der Waals surface area contributed by atoms with Gasteiger partial charge in [-0.2, -0.15) is 0 Å². The topological polar surface area (TPSA) is 23.6 Å². The second kappa shape index (κ2) is 11.2. The summed E-state index contributed by atoms with van der Waals surface area (Å²) in [5.41, 5.74) is 2.67. The van der Waals surface area contributed by atoms with Gasteiger partial charge in [0.15, 0.2) is 5.78 Å². The molecular weight excluding hydrogens is 356 g/mol. The van der Waals surface area contributed by atoms with E-state index in [9.17, 15) is 4.79 Å². The van der Waals surface area contributed by atoms with Crippen molar-refractivity contribution in [3.05, 3.63) is 65.8 Å². The van der Waals surface area contributed by atoms with E-state index in [1.807, 2.05) is 26.2 Å². The van der Waals surface area contributed by atoms with Gasteiger partial charge in [0.1, 0.15) is 0 Å². The van der Waals surface area contributed by atoms with Gasteiger partial charge in [-0.25, -0.2) is 0 Å². The summed E-state index contributed by atoms with van der Waals surface area (Å²) in [5.74, 6) is 0.205. The zero-order chi connectivity index (χ0) is 21.3. The Labute approximate surface area is 177 Å². The molecule has 29 heavy (non-hydrogen) atoms. The van der Waals surface area contributed by atoms with Gasteiger partial charge in [0, 0.05) is 24.3 Å². The number of carbonyl (C=O) groups excluding carboxylic acids is 1. The summed E-state index contributed by atoms with van der Waals surface area (Å²) in [6.45, 7) is 8.63. The van der Waals surface area contributed by atoms with Crippen LogP contribution in [0.1, 0.15) is 63.2 Å². The van der Waals surface area contributed by atoms with Crippen LogP contribution in [0.25, 0.3) is 0 Å². The molecule has 0 amide bonds. The van der Waals surface area contributed by atoms with E-state index in [1.54, 1.807) is 0 Å². The number of Topliss-reactive ketones (excluding diaryl/α,β-unsaturated/α-hetero) is 1. The molecule has 2 rings (SSSR count). The molecule has 0 aromatic heterocycles. The fourth-order valence-electron chi connectivity index (χ4n) is 4.12. The molecule has 0 heterocycles. The van der Waals surface area contributed by atoms with Crippen molar-refractivity contribution in [3.8, 4) is 0 Å². The third-order valence-corrected chi connectivity index (χ3v) is 5.89. The van der Waals surface area contributed by atoms with E-state index in [1.165, 1.54) is 11.3 Å². The minimum atomic E-state index is -0.539. The summed E-state index contributed by atoms with van der Waals surface area (Å²) >= 11 is 0. The maximum absolute atomic E-state index is 13.7. The number of benzene rings is 1. The van der Waals surface area contributed by atoms with Gasteiger partial charge in [0.25, 0.3) is 0 Å². The molecule has 1 aromatic carbocycles. The van der Waals surface area contributed by atoms with Gasteiger partial charge in [-0.3, -0.25) is 9.69 Å². The van der Waals surface area contributed by atoms with Crippen molar-refractivity contribution in [2.75, 3.05) is 32.1 Å². The van der Waals surface area contributed by atoms with Crippen molar-refractivity contribution in [1.82, 2.24) is 4.90 Å². The van der Waals surface area contributed by atoms with Crippen LogP contribution in [0.15, 0.2) is 60.2 Å². The van der Waals surface area contributed by atoms with Crippen LogP contribution in [-0.4, -0.2) is 43.4 Å². The molecule has 0 spiro atoms. The van der Waals surface area contributed by atoms with Gasteiger partial charge in [-0.05, 0) is 76.0 Å². The van der Waals surface area contributed by atoms with Crippen LogP contribution in [-0.2, 0) is 0 Å². The van der Waals surface area contributed by atoms with Crippen molar-refractivity contribution >= 4 is 11.5 Å². The zero-order valence-corrected chi connectivity index (χ0v) is 18.9. The Balaban J connectivity index is 2.31.